The fraction of sp³-hybridized carbons (Fsp3) is 0.316. The number of carbonyl (C=O) groups is 1. The Kier molecular flexibility index (Phi) is 5.37. The normalized spacial score (nSPS) is 12.7. The van der Waals surface area contributed by atoms with Crippen LogP contribution in [-0.4, -0.2) is 16.4 Å². The summed E-state index contributed by atoms with van der Waals surface area (Å²) in [5.74, 6) is 0.444. The molecule has 0 aliphatic rings. The third-order valence-electron chi connectivity index (χ3n) is 4.12. The first-order chi connectivity index (χ1) is 10.8. The van der Waals surface area contributed by atoms with Crippen LogP contribution in [0.2, 0.25) is 0 Å². The topological polar surface area (TPSA) is 46.2 Å². The van der Waals surface area contributed by atoms with Crippen molar-refractivity contribution in [2.75, 3.05) is 11.6 Å². The molecule has 0 aromatic heterocycles. The average molecular weight is 329 g/mol. The fourth-order valence-electron chi connectivity index (χ4n) is 2.46. The summed E-state index contributed by atoms with van der Waals surface area (Å²) in [6, 6.07) is 15.5. The molecule has 2 aromatic rings. The molecule has 0 aliphatic carbocycles. The molecule has 2 aromatic carbocycles. The highest BCUT2D eigenvalue weighted by atomic mass is 32.2. The highest BCUT2D eigenvalue weighted by molar-refractivity contribution is 7.83. The van der Waals surface area contributed by atoms with Gasteiger partial charge in [0.1, 0.15) is 0 Å². The van der Waals surface area contributed by atoms with Crippen LogP contribution in [0.1, 0.15) is 30.5 Å². The van der Waals surface area contributed by atoms with E-state index in [4.69, 9.17) is 0 Å². The van der Waals surface area contributed by atoms with Gasteiger partial charge in [-0.3, -0.25) is 9.00 Å². The van der Waals surface area contributed by atoms with Gasteiger partial charge in [0.15, 0.2) is 0 Å². The Balaban J connectivity index is 2.25. The number of carbonyl (C=O) groups excluding carboxylic acids is 1. The number of benzene rings is 2. The van der Waals surface area contributed by atoms with Crippen LogP contribution in [0.15, 0.2) is 48.5 Å². The summed E-state index contributed by atoms with van der Waals surface area (Å²) in [6.07, 6.45) is 1.68. The number of amides is 1. The molecule has 0 spiro atoms. The summed E-state index contributed by atoms with van der Waals surface area (Å²) in [5, 5.41) is 3.02. The smallest absolute Gasteiger partial charge is 0.234 e. The molecule has 0 radical (unpaired) electrons. The van der Waals surface area contributed by atoms with Gasteiger partial charge in [-0.25, -0.2) is 0 Å². The van der Waals surface area contributed by atoms with Crippen molar-refractivity contribution in [2.24, 2.45) is 0 Å². The van der Waals surface area contributed by atoms with Crippen molar-refractivity contribution < 1.29 is 9.00 Å². The van der Waals surface area contributed by atoms with Crippen molar-refractivity contribution >= 4 is 22.4 Å². The number of hydrogen-bond donors (Lipinski definition) is 1. The Bertz CT molecular complexity index is 723. The van der Waals surface area contributed by atoms with E-state index in [9.17, 15) is 9.00 Å². The minimum Gasteiger partial charge on any atom is -0.325 e. The van der Waals surface area contributed by atoms with Crippen molar-refractivity contribution in [3.63, 3.8) is 0 Å². The summed E-state index contributed by atoms with van der Waals surface area (Å²) in [4.78, 5) is 12.7. The van der Waals surface area contributed by atoms with Crippen LogP contribution in [0, 0.1) is 6.92 Å². The zero-order chi connectivity index (χ0) is 17.0. The summed E-state index contributed by atoms with van der Waals surface area (Å²) >= 11 is 0. The highest BCUT2D eigenvalue weighted by Crippen LogP contribution is 2.27. The minimum absolute atomic E-state index is 0.0541. The molecule has 122 valence electrons. The molecule has 2 rings (SSSR count). The van der Waals surface area contributed by atoms with E-state index in [-0.39, 0.29) is 5.91 Å². The van der Waals surface area contributed by atoms with Gasteiger partial charge in [0.2, 0.25) is 5.91 Å². The van der Waals surface area contributed by atoms with Gasteiger partial charge in [0.25, 0.3) is 0 Å². The van der Waals surface area contributed by atoms with Crippen molar-refractivity contribution in [3.8, 4) is 0 Å². The molecule has 23 heavy (non-hydrogen) atoms. The number of rotatable bonds is 5. The quantitative estimate of drug-likeness (QED) is 0.907. The van der Waals surface area contributed by atoms with Crippen molar-refractivity contribution in [1.82, 2.24) is 0 Å². The molecule has 1 N–H and O–H groups in total. The van der Waals surface area contributed by atoms with E-state index in [1.165, 1.54) is 0 Å². The molecule has 0 heterocycles. The van der Waals surface area contributed by atoms with E-state index in [1.54, 1.807) is 6.26 Å². The maximum absolute atomic E-state index is 12.7. The van der Waals surface area contributed by atoms with E-state index >= 15 is 0 Å². The fourth-order valence-corrected chi connectivity index (χ4v) is 3.21. The Hall–Kier alpha value is -1.94. The number of anilines is 1. The molecule has 0 fully saturated rings. The Morgan fingerprint density at radius 1 is 1.09 bits per heavy atom. The van der Waals surface area contributed by atoms with Crippen LogP contribution in [0.5, 0.6) is 0 Å². The molecule has 0 aliphatic heterocycles. The van der Waals surface area contributed by atoms with Gasteiger partial charge in [-0.2, -0.15) is 0 Å². The molecule has 4 heteroatoms. The van der Waals surface area contributed by atoms with Gasteiger partial charge in [0, 0.05) is 28.5 Å². The van der Waals surface area contributed by atoms with Crippen LogP contribution >= 0.6 is 0 Å². The molecule has 1 amide bonds. The maximum atomic E-state index is 12.7. The van der Waals surface area contributed by atoms with E-state index in [0.29, 0.717) is 5.75 Å². The van der Waals surface area contributed by atoms with Gasteiger partial charge < -0.3 is 5.32 Å². The van der Waals surface area contributed by atoms with E-state index < -0.39 is 16.2 Å². The lowest BCUT2D eigenvalue weighted by molar-refractivity contribution is -0.120. The van der Waals surface area contributed by atoms with Crippen LogP contribution in [0.25, 0.3) is 0 Å². The average Bonchev–Trinajstić information content (AvgIpc) is 2.51. The van der Waals surface area contributed by atoms with Gasteiger partial charge in [-0.05, 0) is 43.5 Å². The van der Waals surface area contributed by atoms with Gasteiger partial charge in [-0.15, -0.1) is 0 Å². The highest BCUT2D eigenvalue weighted by Gasteiger charge is 2.29. The lowest BCUT2D eigenvalue weighted by Gasteiger charge is -2.25. The standard InChI is InChI=1S/C19H23NO2S/c1-14-15(13-23(4)22)9-8-12-17(14)20-18(21)19(2,3)16-10-6-5-7-11-16/h5-12H,13H2,1-4H3,(H,20,21). The first-order valence-corrected chi connectivity index (χ1v) is 9.30. The van der Waals surface area contributed by atoms with Gasteiger partial charge in [-0.1, -0.05) is 42.5 Å². The molecule has 1 atom stereocenters. The molecule has 0 saturated heterocycles. The van der Waals surface area contributed by atoms with Crippen LogP contribution in [-0.2, 0) is 26.8 Å². The monoisotopic (exact) mass is 329 g/mol. The molecule has 1 unspecified atom stereocenters. The van der Waals surface area contributed by atoms with E-state index in [1.807, 2.05) is 69.3 Å². The lowest BCUT2D eigenvalue weighted by Crippen LogP contribution is -2.34. The Morgan fingerprint density at radius 2 is 1.74 bits per heavy atom. The summed E-state index contributed by atoms with van der Waals surface area (Å²) in [6.45, 7) is 5.78. The third-order valence-corrected chi connectivity index (χ3v) is 4.83. The van der Waals surface area contributed by atoms with Crippen LogP contribution in [0.3, 0.4) is 0 Å². The first-order valence-electron chi connectivity index (χ1n) is 7.58. The second-order valence-electron chi connectivity index (χ2n) is 6.25. The SMILES string of the molecule is Cc1c(CS(C)=O)cccc1NC(=O)C(C)(C)c1ccccc1. The molecular formula is C19H23NO2S. The number of nitrogens with one attached hydrogen (secondary N) is 1. The van der Waals surface area contributed by atoms with Gasteiger partial charge in [0.05, 0.1) is 5.41 Å². The molecule has 0 bridgehead atoms. The minimum atomic E-state index is -0.907. The predicted molar refractivity (Wildman–Crippen MR) is 97.0 cm³/mol. The summed E-state index contributed by atoms with van der Waals surface area (Å²) < 4.78 is 11.5. The zero-order valence-corrected chi connectivity index (χ0v) is 14.9. The Morgan fingerprint density at radius 3 is 2.35 bits per heavy atom. The Labute approximate surface area is 140 Å². The van der Waals surface area contributed by atoms with Crippen molar-refractivity contribution in [1.29, 1.82) is 0 Å². The number of hydrogen-bond acceptors (Lipinski definition) is 2. The summed E-state index contributed by atoms with van der Waals surface area (Å²) in [5.41, 5.74) is 3.10. The summed E-state index contributed by atoms with van der Waals surface area (Å²) in [7, 11) is -0.907. The second kappa shape index (κ2) is 7.09. The lowest BCUT2D eigenvalue weighted by atomic mass is 9.83. The first kappa shape index (κ1) is 17.4. The van der Waals surface area contributed by atoms with E-state index in [0.717, 1.165) is 22.4 Å². The molecular weight excluding hydrogens is 306 g/mol. The van der Waals surface area contributed by atoms with Gasteiger partial charge >= 0.3 is 0 Å². The van der Waals surface area contributed by atoms with Crippen LogP contribution in [0.4, 0.5) is 5.69 Å². The van der Waals surface area contributed by atoms with Crippen LogP contribution < -0.4 is 5.32 Å². The third kappa shape index (κ3) is 4.08. The van der Waals surface area contributed by atoms with Crippen molar-refractivity contribution in [2.45, 2.75) is 31.9 Å². The van der Waals surface area contributed by atoms with Crippen molar-refractivity contribution in [3.05, 3.63) is 65.2 Å². The predicted octanol–water partition coefficient (Wildman–Crippen LogP) is 3.79. The molecule has 0 saturated carbocycles. The van der Waals surface area contributed by atoms with E-state index in [2.05, 4.69) is 5.32 Å². The largest absolute Gasteiger partial charge is 0.325 e. The zero-order valence-electron chi connectivity index (χ0n) is 14.1. The molecule has 3 nitrogen and oxygen atoms in total. The maximum Gasteiger partial charge on any atom is 0.234 e. The second-order valence-corrected chi connectivity index (χ2v) is 7.69.